The van der Waals surface area contributed by atoms with Gasteiger partial charge < -0.3 is 15.4 Å². The summed E-state index contributed by atoms with van der Waals surface area (Å²) in [5.74, 6) is 2.32. The van der Waals surface area contributed by atoms with Crippen molar-refractivity contribution in [3.63, 3.8) is 0 Å². The number of rotatable bonds is 8. The van der Waals surface area contributed by atoms with Crippen molar-refractivity contribution in [2.24, 2.45) is 0 Å². The second-order valence-electron chi connectivity index (χ2n) is 5.10. The Morgan fingerprint density at radius 3 is 2.71 bits per heavy atom. The first-order valence-electron chi connectivity index (χ1n) is 7.69. The molecule has 1 aromatic heterocycles. The molecule has 0 aliphatic heterocycles. The highest BCUT2D eigenvalue weighted by Gasteiger charge is 2.25. The third kappa shape index (κ3) is 4.91. The van der Waals surface area contributed by atoms with Crippen LogP contribution in [0.3, 0.4) is 0 Å². The van der Waals surface area contributed by atoms with Gasteiger partial charge in [-0.2, -0.15) is 26.7 Å². The molecule has 2 N–H and O–H groups in total. The molecule has 118 valence electrons. The van der Waals surface area contributed by atoms with Crippen molar-refractivity contribution in [1.82, 2.24) is 15.0 Å². The average Bonchev–Trinajstić information content (AvgIpc) is 2.92. The van der Waals surface area contributed by atoms with Crippen molar-refractivity contribution < 1.29 is 4.74 Å². The van der Waals surface area contributed by atoms with Gasteiger partial charge in [0.25, 0.3) is 0 Å². The third-order valence-electron chi connectivity index (χ3n) is 3.39. The van der Waals surface area contributed by atoms with Crippen LogP contribution in [0.15, 0.2) is 0 Å². The minimum atomic E-state index is 0.385. The van der Waals surface area contributed by atoms with E-state index in [9.17, 15) is 0 Å². The summed E-state index contributed by atoms with van der Waals surface area (Å²) in [6.45, 7) is 4.89. The molecule has 2 atom stereocenters. The minimum absolute atomic E-state index is 0.385. The van der Waals surface area contributed by atoms with E-state index >= 15 is 0 Å². The number of thioether (sulfide) groups is 1. The van der Waals surface area contributed by atoms with Crippen LogP contribution in [-0.2, 0) is 0 Å². The molecule has 0 bridgehead atoms. The SMILES string of the molecule is CCCOc1nc(NC)nc(NC2CCC(SCC)C2)n1. The smallest absolute Gasteiger partial charge is 0.323 e. The Morgan fingerprint density at radius 2 is 2.00 bits per heavy atom. The Kier molecular flexibility index (Phi) is 6.35. The molecule has 2 rings (SSSR count). The summed E-state index contributed by atoms with van der Waals surface area (Å²) in [5.41, 5.74) is 0. The van der Waals surface area contributed by atoms with Crippen LogP contribution < -0.4 is 15.4 Å². The van der Waals surface area contributed by atoms with E-state index < -0.39 is 0 Å². The maximum Gasteiger partial charge on any atom is 0.323 e. The lowest BCUT2D eigenvalue weighted by atomic mass is 10.2. The summed E-state index contributed by atoms with van der Waals surface area (Å²) in [4.78, 5) is 12.9. The molecule has 1 saturated carbocycles. The molecule has 7 heteroatoms. The van der Waals surface area contributed by atoms with Crippen LogP contribution in [0.4, 0.5) is 11.9 Å². The van der Waals surface area contributed by atoms with Gasteiger partial charge >= 0.3 is 6.01 Å². The highest BCUT2D eigenvalue weighted by atomic mass is 32.2. The molecule has 2 unspecified atom stereocenters. The molecule has 1 aliphatic carbocycles. The van der Waals surface area contributed by atoms with Crippen molar-refractivity contribution in [2.45, 2.75) is 50.8 Å². The number of ether oxygens (including phenoxy) is 1. The molecular weight excluding hydrogens is 286 g/mol. The Hall–Kier alpha value is -1.24. The Labute approximate surface area is 130 Å². The summed E-state index contributed by atoms with van der Waals surface area (Å²) in [7, 11) is 1.80. The Balaban J connectivity index is 1.98. The molecular formula is C14H25N5OS. The number of nitrogens with one attached hydrogen (secondary N) is 2. The zero-order valence-corrected chi connectivity index (χ0v) is 13.9. The molecule has 1 fully saturated rings. The van der Waals surface area contributed by atoms with Crippen molar-refractivity contribution in [2.75, 3.05) is 30.0 Å². The normalized spacial score (nSPS) is 21.3. The highest BCUT2D eigenvalue weighted by molar-refractivity contribution is 7.99. The molecule has 21 heavy (non-hydrogen) atoms. The molecule has 0 spiro atoms. The van der Waals surface area contributed by atoms with Crippen molar-refractivity contribution in [1.29, 1.82) is 0 Å². The minimum Gasteiger partial charge on any atom is -0.463 e. The van der Waals surface area contributed by atoms with E-state index in [1.54, 1.807) is 7.05 Å². The van der Waals surface area contributed by atoms with Crippen molar-refractivity contribution in [3.8, 4) is 6.01 Å². The molecule has 0 radical (unpaired) electrons. The monoisotopic (exact) mass is 311 g/mol. The maximum absolute atomic E-state index is 5.52. The van der Waals surface area contributed by atoms with Crippen LogP contribution in [0, 0.1) is 0 Å². The zero-order valence-electron chi connectivity index (χ0n) is 13.1. The Bertz CT molecular complexity index is 445. The van der Waals surface area contributed by atoms with Gasteiger partial charge in [0.2, 0.25) is 11.9 Å². The fraction of sp³-hybridized carbons (Fsp3) is 0.786. The lowest BCUT2D eigenvalue weighted by molar-refractivity contribution is 0.292. The predicted octanol–water partition coefficient (Wildman–Crippen LogP) is 2.79. The number of nitrogens with zero attached hydrogens (tertiary/aromatic N) is 3. The number of hydrogen-bond donors (Lipinski definition) is 2. The van der Waals surface area contributed by atoms with Crippen LogP contribution in [0.5, 0.6) is 6.01 Å². The van der Waals surface area contributed by atoms with Gasteiger partial charge in [0.15, 0.2) is 0 Å². The molecule has 0 aromatic carbocycles. The van der Waals surface area contributed by atoms with Crippen LogP contribution in [-0.4, -0.2) is 45.7 Å². The van der Waals surface area contributed by atoms with E-state index in [0.717, 1.165) is 11.7 Å². The molecule has 1 heterocycles. The van der Waals surface area contributed by atoms with Gasteiger partial charge in [-0.25, -0.2) is 0 Å². The van der Waals surface area contributed by atoms with Gasteiger partial charge in [-0.15, -0.1) is 0 Å². The van der Waals surface area contributed by atoms with Crippen LogP contribution in [0.25, 0.3) is 0 Å². The van der Waals surface area contributed by atoms with Gasteiger partial charge in [0.05, 0.1) is 6.61 Å². The quantitative estimate of drug-likeness (QED) is 0.765. The standard InChI is InChI=1S/C14H25N5OS/c1-4-8-20-14-18-12(15-3)17-13(19-14)16-10-6-7-11(9-10)21-5-2/h10-11H,4-9H2,1-3H3,(H2,15,16,17,18,19). The van der Waals surface area contributed by atoms with Crippen LogP contribution in [0.1, 0.15) is 39.5 Å². The van der Waals surface area contributed by atoms with E-state index in [1.165, 1.54) is 25.0 Å². The zero-order chi connectivity index (χ0) is 15.1. The first-order valence-corrected chi connectivity index (χ1v) is 8.74. The predicted molar refractivity (Wildman–Crippen MR) is 88.3 cm³/mol. The average molecular weight is 311 g/mol. The number of aromatic nitrogens is 3. The maximum atomic E-state index is 5.52. The summed E-state index contributed by atoms with van der Waals surface area (Å²) in [6.07, 6.45) is 4.54. The number of hydrogen-bond acceptors (Lipinski definition) is 7. The molecule has 0 saturated heterocycles. The van der Waals surface area contributed by atoms with Gasteiger partial charge in [-0.05, 0) is 31.4 Å². The van der Waals surface area contributed by atoms with Crippen LogP contribution >= 0.6 is 11.8 Å². The largest absolute Gasteiger partial charge is 0.463 e. The second kappa shape index (κ2) is 8.26. The molecule has 0 amide bonds. The second-order valence-corrected chi connectivity index (χ2v) is 6.67. The fourth-order valence-corrected chi connectivity index (χ4v) is 3.57. The van der Waals surface area contributed by atoms with Crippen LogP contribution in [0.2, 0.25) is 0 Å². The molecule has 1 aliphatic rings. The van der Waals surface area contributed by atoms with Crippen molar-refractivity contribution >= 4 is 23.7 Å². The van der Waals surface area contributed by atoms with Gasteiger partial charge in [-0.1, -0.05) is 13.8 Å². The van der Waals surface area contributed by atoms with E-state index in [1.807, 2.05) is 11.8 Å². The lowest BCUT2D eigenvalue weighted by Crippen LogP contribution is -2.19. The summed E-state index contributed by atoms with van der Waals surface area (Å²) >= 11 is 2.04. The number of anilines is 2. The van der Waals surface area contributed by atoms with Crippen molar-refractivity contribution in [3.05, 3.63) is 0 Å². The third-order valence-corrected chi connectivity index (χ3v) is 4.63. The van der Waals surface area contributed by atoms with E-state index in [-0.39, 0.29) is 0 Å². The Morgan fingerprint density at radius 1 is 1.19 bits per heavy atom. The van der Waals surface area contributed by atoms with E-state index in [0.29, 0.717) is 30.6 Å². The van der Waals surface area contributed by atoms with Gasteiger partial charge in [0, 0.05) is 18.3 Å². The summed E-state index contributed by atoms with van der Waals surface area (Å²) in [5, 5.41) is 7.14. The van der Waals surface area contributed by atoms with E-state index in [4.69, 9.17) is 4.74 Å². The van der Waals surface area contributed by atoms with Gasteiger partial charge in [0.1, 0.15) is 0 Å². The first-order chi connectivity index (χ1) is 10.2. The summed E-state index contributed by atoms with van der Waals surface area (Å²) < 4.78 is 5.52. The fourth-order valence-electron chi connectivity index (χ4n) is 2.43. The topological polar surface area (TPSA) is 72.0 Å². The van der Waals surface area contributed by atoms with E-state index in [2.05, 4.69) is 39.4 Å². The van der Waals surface area contributed by atoms with Gasteiger partial charge in [-0.3, -0.25) is 0 Å². The highest BCUT2D eigenvalue weighted by Crippen LogP contribution is 2.31. The molecule has 1 aromatic rings. The molecule has 6 nitrogen and oxygen atoms in total. The first kappa shape index (κ1) is 16.1. The lowest BCUT2D eigenvalue weighted by Gasteiger charge is -2.14. The summed E-state index contributed by atoms with van der Waals surface area (Å²) in [6, 6.07) is 0.830.